The van der Waals surface area contributed by atoms with Crippen molar-refractivity contribution in [1.82, 2.24) is 25.0 Å². The van der Waals surface area contributed by atoms with Crippen molar-refractivity contribution >= 4 is 28.8 Å². The number of amides is 1. The molecule has 4 heterocycles. The SMILES string of the molecule is O=C(c1ccc(Cl)s1)N1CC(c2nc(-c3cnccn3)no2)C1. The number of carbonyl (C=O) groups excluding carboxylic acids is 1. The number of hydrogen-bond acceptors (Lipinski definition) is 7. The predicted octanol–water partition coefficient (Wildman–Crippen LogP) is 2.48. The number of likely N-dealkylation sites (tertiary alicyclic amines) is 1. The van der Waals surface area contributed by atoms with Crippen LogP contribution >= 0.6 is 22.9 Å². The Morgan fingerprint density at radius 1 is 1.35 bits per heavy atom. The molecule has 3 aromatic rings. The van der Waals surface area contributed by atoms with Crippen LogP contribution in [0.3, 0.4) is 0 Å². The lowest BCUT2D eigenvalue weighted by Crippen LogP contribution is -2.48. The summed E-state index contributed by atoms with van der Waals surface area (Å²) in [7, 11) is 0. The molecule has 4 rings (SSSR count). The average molecular weight is 348 g/mol. The first-order valence-electron chi connectivity index (χ1n) is 6.85. The minimum absolute atomic E-state index is 0.0215. The quantitative estimate of drug-likeness (QED) is 0.723. The van der Waals surface area contributed by atoms with Crippen molar-refractivity contribution in [2.24, 2.45) is 0 Å². The minimum Gasteiger partial charge on any atom is -0.338 e. The number of carbonyl (C=O) groups is 1. The molecule has 9 heteroatoms. The predicted molar refractivity (Wildman–Crippen MR) is 83.3 cm³/mol. The molecule has 3 aromatic heterocycles. The van der Waals surface area contributed by atoms with Crippen LogP contribution in [0.25, 0.3) is 11.5 Å². The zero-order valence-corrected chi connectivity index (χ0v) is 13.3. The van der Waals surface area contributed by atoms with E-state index in [1.165, 1.54) is 11.3 Å². The molecule has 1 saturated heterocycles. The van der Waals surface area contributed by atoms with Crippen molar-refractivity contribution in [3.8, 4) is 11.5 Å². The Morgan fingerprint density at radius 3 is 2.91 bits per heavy atom. The van der Waals surface area contributed by atoms with E-state index < -0.39 is 0 Å². The lowest BCUT2D eigenvalue weighted by Gasteiger charge is -2.36. The largest absolute Gasteiger partial charge is 0.338 e. The van der Waals surface area contributed by atoms with E-state index in [0.717, 1.165) is 0 Å². The Labute approximate surface area is 139 Å². The summed E-state index contributed by atoms with van der Waals surface area (Å²) < 4.78 is 5.88. The van der Waals surface area contributed by atoms with Crippen molar-refractivity contribution in [3.05, 3.63) is 45.8 Å². The molecule has 0 saturated carbocycles. The van der Waals surface area contributed by atoms with Crippen LogP contribution in [-0.2, 0) is 0 Å². The molecule has 0 aliphatic carbocycles. The molecule has 1 aliphatic heterocycles. The monoisotopic (exact) mass is 347 g/mol. The second-order valence-electron chi connectivity index (χ2n) is 5.06. The second kappa shape index (κ2) is 5.71. The summed E-state index contributed by atoms with van der Waals surface area (Å²) >= 11 is 7.14. The molecule has 1 fully saturated rings. The molecular weight excluding hydrogens is 338 g/mol. The van der Waals surface area contributed by atoms with Crippen molar-refractivity contribution in [3.63, 3.8) is 0 Å². The molecule has 7 nitrogen and oxygen atoms in total. The molecule has 0 radical (unpaired) electrons. The van der Waals surface area contributed by atoms with Crippen LogP contribution in [-0.4, -0.2) is 44.0 Å². The highest BCUT2D eigenvalue weighted by Crippen LogP contribution is 2.30. The summed E-state index contributed by atoms with van der Waals surface area (Å²) in [5.41, 5.74) is 0.558. The number of thiophene rings is 1. The van der Waals surface area contributed by atoms with Gasteiger partial charge in [-0.05, 0) is 12.1 Å². The highest BCUT2D eigenvalue weighted by Gasteiger charge is 2.36. The lowest BCUT2D eigenvalue weighted by molar-refractivity contribution is 0.0574. The Bertz CT molecular complexity index is 844. The second-order valence-corrected chi connectivity index (χ2v) is 6.77. The highest BCUT2D eigenvalue weighted by atomic mass is 35.5. The molecule has 0 N–H and O–H groups in total. The van der Waals surface area contributed by atoms with E-state index in [1.807, 2.05) is 0 Å². The molecule has 116 valence electrons. The van der Waals surface area contributed by atoms with Crippen LogP contribution < -0.4 is 0 Å². The summed E-state index contributed by atoms with van der Waals surface area (Å²) in [6.07, 6.45) is 4.73. The molecule has 23 heavy (non-hydrogen) atoms. The molecular formula is C14H10ClN5O2S. The van der Waals surface area contributed by atoms with E-state index in [1.54, 1.807) is 35.6 Å². The van der Waals surface area contributed by atoms with Crippen molar-refractivity contribution < 1.29 is 9.32 Å². The fourth-order valence-corrected chi connectivity index (χ4v) is 3.32. The van der Waals surface area contributed by atoms with Gasteiger partial charge in [0.1, 0.15) is 5.69 Å². The van der Waals surface area contributed by atoms with E-state index >= 15 is 0 Å². The smallest absolute Gasteiger partial charge is 0.264 e. The number of halogens is 1. The first kappa shape index (κ1) is 14.3. The average Bonchev–Trinajstić information content (AvgIpc) is 3.16. The van der Waals surface area contributed by atoms with Gasteiger partial charge in [-0.25, -0.2) is 4.98 Å². The zero-order chi connectivity index (χ0) is 15.8. The van der Waals surface area contributed by atoms with Gasteiger partial charge in [0.25, 0.3) is 5.91 Å². The summed E-state index contributed by atoms with van der Waals surface area (Å²) in [6, 6.07) is 3.46. The van der Waals surface area contributed by atoms with Crippen LogP contribution in [0.1, 0.15) is 21.5 Å². The van der Waals surface area contributed by atoms with Crippen LogP contribution in [0.5, 0.6) is 0 Å². The van der Waals surface area contributed by atoms with E-state index in [4.69, 9.17) is 16.1 Å². The van der Waals surface area contributed by atoms with E-state index in [9.17, 15) is 4.79 Å². The summed E-state index contributed by atoms with van der Waals surface area (Å²) in [4.78, 5) is 27.0. The lowest BCUT2D eigenvalue weighted by atomic mass is 10.00. The van der Waals surface area contributed by atoms with Gasteiger partial charge in [-0.1, -0.05) is 16.8 Å². The van der Waals surface area contributed by atoms with Gasteiger partial charge in [-0.2, -0.15) is 4.98 Å². The normalized spacial score (nSPS) is 14.7. The Kier molecular flexibility index (Phi) is 3.55. The van der Waals surface area contributed by atoms with Crippen molar-refractivity contribution in [1.29, 1.82) is 0 Å². The molecule has 0 unspecified atom stereocenters. The van der Waals surface area contributed by atoms with Crippen LogP contribution in [0, 0.1) is 0 Å². The van der Waals surface area contributed by atoms with Crippen LogP contribution in [0.15, 0.2) is 35.2 Å². The maximum Gasteiger partial charge on any atom is 0.264 e. The molecule has 0 aromatic carbocycles. The Balaban J connectivity index is 1.42. The van der Waals surface area contributed by atoms with Crippen molar-refractivity contribution in [2.45, 2.75) is 5.92 Å². The molecule has 0 spiro atoms. The zero-order valence-electron chi connectivity index (χ0n) is 11.7. The molecule has 0 bridgehead atoms. The summed E-state index contributed by atoms with van der Waals surface area (Å²) in [5, 5.41) is 3.91. The van der Waals surface area contributed by atoms with Gasteiger partial charge < -0.3 is 9.42 Å². The number of nitrogens with zero attached hydrogens (tertiary/aromatic N) is 5. The maximum absolute atomic E-state index is 12.2. The fraction of sp³-hybridized carbons (Fsp3) is 0.214. The fourth-order valence-electron chi connectivity index (χ4n) is 2.31. The maximum atomic E-state index is 12.2. The van der Waals surface area contributed by atoms with Crippen LogP contribution in [0.4, 0.5) is 0 Å². The molecule has 1 amide bonds. The number of hydrogen-bond donors (Lipinski definition) is 0. The number of rotatable bonds is 3. The van der Waals surface area contributed by atoms with Crippen LogP contribution in [0.2, 0.25) is 4.34 Å². The topological polar surface area (TPSA) is 85.0 Å². The highest BCUT2D eigenvalue weighted by molar-refractivity contribution is 7.17. The first-order chi connectivity index (χ1) is 11.2. The van der Waals surface area contributed by atoms with Gasteiger partial charge in [-0.15, -0.1) is 11.3 Å². The summed E-state index contributed by atoms with van der Waals surface area (Å²) in [6.45, 7) is 1.10. The summed E-state index contributed by atoms with van der Waals surface area (Å²) in [5.74, 6) is 0.945. The molecule has 0 atom stereocenters. The minimum atomic E-state index is -0.0215. The Hall–Kier alpha value is -2.32. The first-order valence-corrected chi connectivity index (χ1v) is 8.05. The van der Waals surface area contributed by atoms with Gasteiger partial charge in [0.05, 0.1) is 21.3 Å². The van der Waals surface area contributed by atoms with E-state index in [2.05, 4.69) is 20.1 Å². The standard InChI is InChI=1S/C14H10ClN5O2S/c15-11-2-1-10(23-11)14(21)20-6-8(7-20)13-18-12(19-22-13)9-5-16-3-4-17-9/h1-5,8H,6-7H2. The van der Waals surface area contributed by atoms with Gasteiger partial charge in [-0.3, -0.25) is 9.78 Å². The van der Waals surface area contributed by atoms with Gasteiger partial charge >= 0.3 is 0 Å². The third-order valence-electron chi connectivity index (χ3n) is 3.54. The van der Waals surface area contributed by atoms with Crippen molar-refractivity contribution in [2.75, 3.05) is 13.1 Å². The third kappa shape index (κ3) is 2.71. The van der Waals surface area contributed by atoms with Gasteiger partial charge in [0, 0.05) is 25.5 Å². The third-order valence-corrected chi connectivity index (χ3v) is 4.76. The molecule has 1 aliphatic rings. The Morgan fingerprint density at radius 2 is 2.22 bits per heavy atom. The van der Waals surface area contributed by atoms with E-state index in [-0.39, 0.29) is 11.8 Å². The number of aromatic nitrogens is 4. The van der Waals surface area contributed by atoms with Gasteiger partial charge in [0.2, 0.25) is 11.7 Å². The van der Waals surface area contributed by atoms with E-state index in [0.29, 0.717) is 39.7 Å². The van der Waals surface area contributed by atoms with Gasteiger partial charge in [0.15, 0.2) is 0 Å².